The first-order valence-corrected chi connectivity index (χ1v) is 7.12. The van der Waals surface area contributed by atoms with Crippen LogP contribution in [0.4, 0.5) is 0 Å². The van der Waals surface area contributed by atoms with Gasteiger partial charge in [0.15, 0.2) is 0 Å². The fourth-order valence-corrected chi connectivity index (χ4v) is 1.92. The average molecular weight is 345 g/mol. The maximum absolute atomic E-state index is 2.49. The molecule has 0 amide bonds. The highest BCUT2D eigenvalue weighted by Crippen LogP contribution is 2.31. The van der Waals surface area contributed by atoms with Gasteiger partial charge in [-0.25, -0.2) is 0 Å². The van der Waals surface area contributed by atoms with Crippen molar-refractivity contribution in [2.45, 2.75) is 36.7 Å². The first-order chi connectivity index (χ1) is 7.56. The lowest BCUT2D eigenvalue weighted by Crippen LogP contribution is -2.37. The molecular weight excluding hydrogens is 321 g/mol. The van der Waals surface area contributed by atoms with Crippen LogP contribution in [-0.4, -0.2) is 28.0 Å². The van der Waals surface area contributed by atoms with E-state index in [1.54, 1.807) is 0 Å². The van der Waals surface area contributed by atoms with Crippen molar-refractivity contribution >= 4 is 22.6 Å². The van der Waals surface area contributed by atoms with E-state index >= 15 is 0 Å². The molecule has 1 rings (SSSR count). The van der Waals surface area contributed by atoms with Gasteiger partial charge in [-0.05, 0) is 27.9 Å². The third-order valence-corrected chi connectivity index (χ3v) is 4.12. The standard InChI is InChI=1S/C15H24IN/c1-13(2)7-9-14(3,16)10-12-15(4,11-8-13)17(5)6/h7-12H,1-6H3/b9-7-,11-8-,12-10?. The minimum absolute atomic E-state index is 0.0181. The molecule has 1 nitrogen and oxygen atoms in total. The number of nitrogens with zero attached hydrogens (tertiary/aromatic N) is 1. The van der Waals surface area contributed by atoms with E-state index in [0.717, 1.165) is 0 Å². The van der Waals surface area contributed by atoms with Crippen molar-refractivity contribution in [1.82, 2.24) is 4.90 Å². The molecule has 2 unspecified atom stereocenters. The highest BCUT2D eigenvalue weighted by atomic mass is 127. The molecule has 0 aliphatic heterocycles. The Bertz CT molecular complexity index is 331. The van der Waals surface area contributed by atoms with Gasteiger partial charge in [0, 0.05) is 5.41 Å². The fraction of sp³-hybridized carbons (Fsp3) is 0.600. The number of hydrogen-bond acceptors (Lipinski definition) is 1. The molecule has 0 N–H and O–H groups in total. The molecule has 0 bridgehead atoms. The van der Waals surface area contributed by atoms with Gasteiger partial charge in [0.2, 0.25) is 0 Å². The fourth-order valence-electron chi connectivity index (χ4n) is 1.56. The Kier molecular flexibility index (Phi) is 4.30. The lowest BCUT2D eigenvalue weighted by atomic mass is 9.89. The van der Waals surface area contributed by atoms with Crippen LogP contribution in [0.1, 0.15) is 27.7 Å². The maximum Gasteiger partial charge on any atom is 0.0553 e. The lowest BCUT2D eigenvalue weighted by Gasteiger charge is -2.32. The third-order valence-electron chi connectivity index (χ3n) is 3.40. The molecule has 0 aromatic heterocycles. The highest BCUT2D eigenvalue weighted by molar-refractivity contribution is 14.1. The van der Waals surface area contributed by atoms with Gasteiger partial charge in [-0.1, -0.05) is 72.9 Å². The summed E-state index contributed by atoms with van der Waals surface area (Å²) < 4.78 is 0.0817. The van der Waals surface area contributed by atoms with Crippen molar-refractivity contribution in [3.63, 3.8) is 0 Å². The van der Waals surface area contributed by atoms with Crippen molar-refractivity contribution in [1.29, 1.82) is 0 Å². The van der Waals surface area contributed by atoms with Gasteiger partial charge in [0.05, 0.1) is 8.96 Å². The second kappa shape index (κ2) is 4.88. The average Bonchev–Trinajstić information content (AvgIpc) is 2.24. The van der Waals surface area contributed by atoms with Crippen LogP contribution in [0.25, 0.3) is 0 Å². The zero-order chi connectivity index (χ0) is 13.3. The Morgan fingerprint density at radius 2 is 1.18 bits per heavy atom. The second-order valence-corrected chi connectivity index (χ2v) is 8.42. The van der Waals surface area contributed by atoms with Gasteiger partial charge in [-0.3, -0.25) is 4.90 Å². The Balaban J connectivity index is 3.24. The Morgan fingerprint density at radius 1 is 0.765 bits per heavy atom. The normalized spacial score (nSPS) is 40.5. The summed E-state index contributed by atoms with van der Waals surface area (Å²) in [5, 5.41) is 0. The van der Waals surface area contributed by atoms with E-state index in [0.29, 0.717) is 0 Å². The number of alkyl halides is 1. The molecule has 0 saturated heterocycles. The molecule has 2 atom stereocenters. The molecule has 2 heteroatoms. The second-order valence-electron chi connectivity index (χ2n) is 6.09. The summed E-state index contributed by atoms with van der Waals surface area (Å²) in [4.78, 5) is 2.24. The van der Waals surface area contributed by atoms with Gasteiger partial charge in [0.25, 0.3) is 0 Å². The SMILES string of the molecule is CN(C)C1(C)C=CC(C)(I)/C=C\C(C)(C)/C=C\1. The summed E-state index contributed by atoms with van der Waals surface area (Å²) in [5.41, 5.74) is 0.0887. The van der Waals surface area contributed by atoms with Crippen molar-refractivity contribution in [2.75, 3.05) is 14.1 Å². The number of hydrogen-bond donors (Lipinski definition) is 0. The van der Waals surface area contributed by atoms with Crippen LogP contribution in [0.3, 0.4) is 0 Å². The third kappa shape index (κ3) is 4.25. The molecule has 1 aliphatic rings. The maximum atomic E-state index is 2.49. The van der Waals surface area contributed by atoms with Gasteiger partial charge in [-0.15, -0.1) is 0 Å². The smallest absolute Gasteiger partial charge is 0.0553 e. The topological polar surface area (TPSA) is 3.24 Å². The van der Waals surface area contributed by atoms with Gasteiger partial charge < -0.3 is 0 Å². The summed E-state index contributed by atoms with van der Waals surface area (Å²) in [5.74, 6) is 0. The zero-order valence-corrected chi connectivity index (χ0v) is 13.9. The molecule has 96 valence electrons. The predicted octanol–water partition coefficient (Wildman–Crippen LogP) is 4.21. The van der Waals surface area contributed by atoms with Gasteiger partial charge in [-0.2, -0.15) is 0 Å². The van der Waals surface area contributed by atoms with E-state index in [1.165, 1.54) is 0 Å². The van der Waals surface area contributed by atoms with Crippen LogP contribution in [-0.2, 0) is 0 Å². The van der Waals surface area contributed by atoms with E-state index in [1.807, 2.05) is 0 Å². The first-order valence-electron chi connectivity index (χ1n) is 6.04. The van der Waals surface area contributed by atoms with Crippen LogP contribution in [0.2, 0.25) is 0 Å². The summed E-state index contributed by atoms with van der Waals surface area (Å²) in [6, 6.07) is 0. The Hall–Kier alpha value is -0.0900. The summed E-state index contributed by atoms with van der Waals surface area (Å²) >= 11 is 2.49. The summed E-state index contributed by atoms with van der Waals surface area (Å²) in [6.07, 6.45) is 13.8. The minimum atomic E-state index is -0.0181. The molecule has 0 spiro atoms. The summed E-state index contributed by atoms with van der Waals surface area (Å²) in [6.45, 7) is 8.97. The molecule has 17 heavy (non-hydrogen) atoms. The minimum Gasteiger partial charge on any atom is -0.297 e. The van der Waals surface area contributed by atoms with E-state index in [4.69, 9.17) is 0 Å². The van der Waals surface area contributed by atoms with Crippen LogP contribution >= 0.6 is 22.6 Å². The molecule has 0 aromatic rings. The largest absolute Gasteiger partial charge is 0.297 e. The quantitative estimate of drug-likeness (QED) is 0.391. The lowest BCUT2D eigenvalue weighted by molar-refractivity contribution is 0.283. The van der Waals surface area contributed by atoms with Crippen molar-refractivity contribution in [3.05, 3.63) is 36.5 Å². The number of rotatable bonds is 1. The molecular formula is C15H24IN. The molecule has 1 aliphatic carbocycles. The van der Waals surface area contributed by atoms with Crippen molar-refractivity contribution < 1.29 is 0 Å². The van der Waals surface area contributed by atoms with E-state index in [-0.39, 0.29) is 14.4 Å². The molecule has 0 fully saturated rings. The monoisotopic (exact) mass is 345 g/mol. The Morgan fingerprint density at radius 3 is 1.71 bits per heavy atom. The van der Waals surface area contributed by atoms with Crippen LogP contribution in [0.15, 0.2) is 36.5 Å². The van der Waals surface area contributed by atoms with Crippen LogP contribution in [0.5, 0.6) is 0 Å². The van der Waals surface area contributed by atoms with Gasteiger partial charge in [0.1, 0.15) is 0 Å². The highest BCUT2D eigenvalue weighted by Gasteiger charge is 2.25. The molecule has 0 saturated carbocycles. The molecule has 0 radical (unpaired) electrons. The Labute approximate surface area is 120 Å². The zero-order valence-electron chi connectivity index (χ0n) is 11.8. The van der Waals surface area contributed by atoms with Gasteiger partial charge >= 0.3 is 0 Å². The molecule has 0 heterocycles. The number of likely N-dealkylation sites (N-methyl/N-ethyl adjacent to an activating group) is 1. The first kappa shape index (κ1) is 15.0. The van der Waals surface area contributed by atoms with Crippen molar-refractivity contribution in [2.24, 2.45) is 5.41 Å². The van der Waals surface area contributed by atoms with E-state index in [2.05, 4.69) is 106 Å². The molecule has 0 aromatic carbocycles. The van der Waals surface area contributed by atoms with Crippen molar-refractivity contribution in [3.8, 4) is 0 Å². The summed E-state index contributed by atoms with van der Waals surface area (Å²) in [7, 11) is 4.25. The predicted molar refractivity (Wildman–Crippen MR) is 85.7 cm³/mol. The van der Waals surface area contributed by atoms with E-state index in [9.17, 15) is 0 Å². The van der Waals surface area contributed by atoms with E-state index < -0.39 is 0 Å². The van der Waals surface area contributed by atoms with Crippen LogP contribution in [0, 0.1) is 5.41 Å². The van der Waals surface area contributed by atoms with Crippen LogP contribution < -0.4 is 0 Å². The number of halogens is 1. The number of allylic oxidation sites excluding steroid dienone is 4.